The van der Waals surface area contributed by atoms with E-state index in [0.717, 1.165) is 0 Å². The van der Waals surface area contributed by atoms with Crippen LogP contribution in [0.2, 0.25) is 0 Å². The monoisotopic (exact) mass is 270 g/mol. The quantitative estimate of drug-likeness (QED) is 0.867. The Hall–Kier alpha value is -2.69. The molecule has 0 atom stereocenters. The molecule has 1 aromatic carbocycles. The van der Waals surface area contributed by atoms with Crippen LogP contribution in [0.25, 0.3) is 0 Å². The van der Waals surface area contributed by atoms with Gasteiger partial charge in [0.1, 0.15) is 0 Å². The molecule has 1 aromatic heterocycles. The zero-order valence-corrected chi connectivity index (χ0v) is 11.2. The highest BCUT2D eigenvalue weighted by Crippen LogP contribution is 2.13. The number of nitrogens with one attached hydrogen (secondary N) is 1. The number of carbonyl (C=O) groups excluding carboxylic acids is 2. The highest BCUT2D eigenvalue weighted by Gasteiger charge is 2.08. The summed E-state index contributed by atoms with van der Waals surface area (Å²) < 4.78 is 4.97. The summed E-state index contributed by atoms with van der Waals surface area (Å²) in [6, 6.07) is 9.87. The van der Waals surface area contributed by atoms with Crippen molar-refractivity contribution in [3.63, 3.8) is 0 Å². The zero-order chi connectivity index (χ0) is 14.5. The fourth-order valence-electron chi connectivity index (χ4n) is 1.65. The van der Waals surface area contributed by atoms with E-state index in [0.29, 0.717) is 22.7 Å². The number of rotatable bonds is 4. The molecule has 1 heterocycles. The smallest absolute Gasteiger partial charge is 0.255 e. The van der Waals surface area contributed by atoms with Crippen molar-refractivity contribution in [1.29, 1.82) is 0 Å². The summed E-state index contributed by atoms with van der Waals surface area (Å²) in [4.78, 5) is 27.1. The molecule has 102 valence electrons. The standard InChI is InChI=1S/C15H14N2O3/c1-10(18)11-3-5-13(6-4-11)17-15(19)12-7-8-16-14(9-12)20-2/h3-9H,1-2H3,(H,17,19). The SMILES string of the molecule is COc1cc(C(=O)Nc2ccc(C(C)=O)cc2)ccn1. The van der Waals surface area contributed by atoms with E-state index in [1.165, 1.54) is 20.2 Å². The lowest BCUT2D eigenvalue weighted by Gasteiger charge is -2.06. The average molecular weight is 270 g/mol. The van der Waals surface area contributed by atoms with E-state index in [4.69, 9.17) is 4.74 Å². The molecule has 0 saturated heterocycles. The molecular weight excluding hydrogens is 256 g/mol. The molecule has 0 radical (unpaired) electrons. The van der Waals surface area contributed by atoms with Gasteiger partial charge < -0.3 is 10.1 Å². The Morgan fingerprint density at radius 3 is 2.40 bits per heavy atom. The van der Waals surface area contributed by atoms with E-state index >= 15 is 0 Å². The summed E-state index contributed by atoms with van der Waals surface area (Å²) in [5, 5.41) is 2.74. The van der Waals surface area contributed by atoms with Gasteiger partial charge in [0, 0.05) is 29.1 Å². The fraction of sp³-hybridized carbons (Fsp3) is 0.133. The van der Waals surface area contributed by atoms with E-state index in [-0.39, 0.29) is 11.7 Å². The number of methoxy groups -OCH3 is 1. The molecule has 5 nitrogen and oxygen atoms in total. The number of Topliss-reactive ketones (excluding diaryl/α,β-unsaturated/α-hetero) is 1. The first-order valence-electron chi connectivity index (χ1n) is 6.02. The predicted molar refractivity (Wildman–Crippen MR) is 75.2 cm³/mol. The molecular formula is C15H14N2O3. The number of pyridine rings is 1. The number of hydrogen-bond donors (Lipinski definition) is 1. The lowest BCUT2D eigenvalue weighted by molar-refractivity contribution is 0.101. The van der Waals surface area contributed by atoms with E-state index in [9.17, 15) is 9.59 Å². The molecule has 2 rings (SSSR count). The molecule has 0 aliphatic heterocycles. The van der Waals surface area contributed by atoms with E-state index in [1.54, 1.807) is 36.4 Å². The van der Waals surface area contributed by atoms with Crippen LogP contribution in [0.5, 0.6) is 5.88 Å². The van der Waals surface area contributed by atoms with Crippen LogP contribution in [0, 0.1) is 0 Å². The molecule has 1 amide bonds. The summed E-state index contributed by atoms with van der Waals surface area (Å²) in [7, 11) is 1.49. The lowest BCUT2D eigenvalue weighted by atomic mass is 10.1. The topological polar surface area (TPSA) is 68.3 Å². The van der Waals surface area contributed by atoms with Gasteiger partial charge in [-0.3, -0.25) is 9.59 Å². The molecule has 0 unspecified atom stereocenters. The number of hydrogen-bond acceptors (Lipinski definition) is 4. The van der Waals surface area contributed by atoms with Gasteiger partial charge in [0.15, 0.2) is 5.78 Å². The Morgan fingerprint density at radius 1 is 1.10 bits per heavy atom. The molecule has 0 saturated carbocycles. The van der Waals surface area contributed by atoms with Gasteiger partial charge in [0.05, 0.1) is 7.11 Å². The Morgan fingerprint density at radius 2 is 1.80 bits per heavy atom. The number of ketones is 1. The molecule has 0 spiro atoms. The van der Waals surface area contributed by atoms with Crippen LogP contribution < -0.4 is 10.1 Å². The second kappa shape index (κ2) is 5.97. The van der Waals surface area contributed by atoms with Gasteiger partial charge in [-0.2, -0.15) is 0 Å². The number of nitrogens with zero attached hydrogens (tertiary/aromatic N) is 1. The highest BCUT2D eigenvalue weighted by molar-refractivity contribution is 6.04. The summed E-state index contributed by atoms with van der Waals surface area (Å²) in [6.45, 7) is 1.50. The molecule has 0 fully saturated rings. The first kappa shape index (κ1) is 13.7. The zero-order valence-electron chi connectivity index (χ0n) is 11.2. The van der Waals surface area contributed by atoms with Gasteiger partial charge in [0.2, 0.25) is 5.88 Å². The number of amides is 1. The second-order valence-corrected chi connectivity index (χ2v) is 4.17. The molecule has 0 aliphatic rings. The Labute approximate surface area is 116 Å². The van der Waals surface area contributed by atoms with Crippen LogP contribution in [0.15, 0.2) is 42.6 Å². The van der Waals surface area contributed by atoms with Gasteiger partial charge >= 0.3 is 0 Å². The largest absolute Gasteiger partial charge is 0.481 e. The van der Waals surface area contributed by atoms with Crippen LogP contribution in [-0.2, 0) is 0 Å². The Balaban J connectivity index is 2.12. The molecule has 0 aliphatic carbocycles. The van der Waals surface area contributed by atoms with Gasteiger partial charge in [-0.15, -0.1) is 0 Å². The first-order chi connectivity index (χ1) is 9.60. The van der Waals surface area contributed by atoms with Crippen molar-refractivity contribution >= 4 is 17.4 Å². The van der Waals surface area contributed by atoms with Gasteiger partial charge in [-0.25, -0.2) is 4.98 Å². The Kier molecular flexibility index (Phi) is 4.10. The minimum Gasteiger partial charge on any atom is -0.481 e. The molecule has 20 heavy (non-hydrogen) atoms. The summed E-state index contributed by atoms with van der Waals surface area (Å²) in [5.41, 5.74) is 1.68. The van der Waals surface area contributed by atoms with E-state index < -0.39 is 0 Å². The van der Waals surface area contributed by atoms with Crippen molar-refractivity contribution in [1.82, 2.24) is 4.98 Å². The van der Waals surface area contributed by atoms with Crippen LogP contribution in [0.3, 0.4) is 0 Å². The minimum atomic E-state index is -0.263. The maximum Gasteiger partial charge on any atom is 0.255 e. The first-order valence-corrected chi connectivity index (χ1v) is 6.02. The van der Waals surface area contributed by atoms with Gasteiger partial charge in [-0.05, 0) is 37.3 Å². The third-order valence-electron chi connectivity index (χ3n) is 2.76. The normalized spacial score (nSPS) is 9.90. The Bertz CT molecular complexity index is 636. The van der Waals surface area contributed by atoms with Gasteiger partial charge in [0.25, 0.3) is 5.91 Å². The van der Waals surface area contributed by atoms with Crippen molar-refractivity contribution in [3.05, 3.63) is 53.7 Å². The van der Waals surface area contributed by atoms with Crippen molar-refractivity contribution < 1.29 is 14.3 Å². The third-order valence-corrected chi connectivity index (χ3v) is 2.76. The minimum absolute atomic E-state index is 0.0123. The number of aromatic nitrogens is 1. The van der Waals surface area contributed by atoms with E-state index in [1.807, 2.05) is 0 Å². The fourth-order valence-corrected chi connectivity index (χ4v) is 1.65. The highest BCUT2D eigenvalue weighted by atomic mass is 16.5. The summed E-state index contributed by atoms with van der Waals surface area (Å²) >= 11 is 0. The lowest BCUT2D eigenvalue weighted by Crippen LogP contribution is -2.12. The number of ether oxygens (including phenoxy) is 1. The number of benzene rings is 1. The van der Waals surface area contributed by atoms with E-state index in [2.05, 4.69) is 10.3 Å². The van der Waals surface area contributed by atoms with Crippen LogP contribution >= 0.6 is 0 Å². The second-order valence-electron chi connectivity index (χ2n) is 4.17. The number of carbonyl (C=O) groups is 2. The molecule has 5 heteroatoms. The predicted octanol–water partition coefficient (Wildman–Crippen LogP) is 2.55. The van der Waals surface area contributed by atoms with Crippen LogP contribution in [0.1, 0.15) is 27.6 Å². The van der Waals surface area contributed by atoms with Crippen molar-refractivity contribution in [3.8, 4) is 5.88 Å². The summed E-state index contributed by atoms with van der Waals surface area (Å²) in [5.74, 6) is 0.104. The number of anilines is 1. The maximum atomic E-state index is 12.0. The van der Waals surface area contributed by atoms with Crippen LogP contribution in [0.4, 0.5) is 5.69 Å². The third kappa shape index (κ3) is 3.20. The maximum absolute atomic E-state index is 12.0. The van der Waals surface area contributed by atoms with Crippen molar-refractivity contribution in [2.75, 3.05) is 12.4 Å². The van der Waals surface area contributed by atoms with Crippen molar-refractivity contribution in [2.24, 2.45) is 0 Å². The molecule has 0 bridgehead atoms. The summed E-state index contributed by atoms with van der Waals surface area (Å²) in [6.07, 6.45) is 1.51. The van der Waals surface area contributed by atoms with Crippen molar-refractivity contribution in [2.45, 2.75) is 6.92 Å². The molecule has 2 aromatic rings. The van der Waals surface area contributed by atoms with Gasteiger partial charge in [-0.1, -0.05) is 0 Å². The van der Waals surface area contributed by atoms with Crippen LogP contribution in [-0.4, -0.2) is 23.8 Å². The average Bonchev–Trinajstić information content (AvgIpc) is 2.47. The molecule has 1 N–H and O–H groups in total.